The number of primary amides is 1. The zero-order valence-corrected chi connectivity index (χ0v) is 16.9. The topological polar surface area (TPSA) is 112 Å². The van der Waals surface area contributed by atoms with E-state index in [4.69, 9.17) is 5.73 Å². The summed E-state index contributed by atoms with van der Waals surface area (Å²) in [6.07, 6.45) is 0. The van der Waals surface area contributed by atoms with E-state index in [1.807, 2.05) is 48.5 Å². The van der Waals surface area contributed by atoms with Crippen LogP contribution in [0.1, 0.15) is 27.4 Å². The van der Waals surface area contributed by atoms with Crippen molar-refractivity contribution in [2.45, 2.75) is 5.92 Å². The van der Waals surface area contributed by atoms with Gasteiger partial charge >= 0.3 is 0 Å². The molecule has 6 nitrogen and oxygen atoms in total. The number of aromatic hydroxyl groups is 1. The Bertz CT molecular complexity index is 1560. The number of nitrogens with two attached hydrogens (primary N) is 1. The second-order valence-corrected chi connectivity index (χ2v) is 8.16. The molecule has 0 bridgehead atoms. The first kappa shape index (κ1) is 18.4. The number of benzene rings is 3. The fourth-order valence-electron chi connectivity index (χ4n) is 5.12. The molecule has 0 saturated carbocycles. The minimum absolute atomic E-state index is 0.0169. The van der Waals surface area contributed by atoms with Crippen LogP contribution < -0.4 is 5.73 Å². The molecule has 1 aliphatic carbocycles. The van der Waals surface area contributed by atoms with Gasteiger partial charge < -0.3 is 20.8 Å². The molecule has 0 saturated heterocycles. The van der Waals surface area contributed by atoms with E-state index in [1.165, 1.54) is 0 Å². The number of ketones is 1. The lowest BCUT2D eigenvalue weighted by Gasteiger charge is -2.24. The highest BCUT2D eigenvalue weighted by Gasteiger charge is 2.44. The number of para-hydroxylation sites is 3. The molecule has 32 heavy (non-hydrogen) atoms. The molecule has 0 aliphatic heterocycles. The number of hydrogen-bond donors (Lipinski definition) is 4. The van der Waals surface area contributed by atoms with Crippen LogP contribution in [0, 0.1) is 5.92 Å². The smallest absolute Gasteiger partial charge is 0.229 e. The second-order valence-electron chi connectivity index (χ2n) is 8.16. The van der Waals surface area contributed by atoms with Gasteiger partial charge in [0.05, 0.1) is 17.0 Å². The Morgan fingerprint density at radius 1 is 0.812 bits per heavy atom. The molecule has 2 unspecified atom stereocenters. The average molecular weight is 421 g/mol. The lowest BCUT2D eigenvalue weighted by Crippen LogP contribution is -2.35. The minimum Gasteiger partial charge on any atom is -0.508 e. The first-order valence-corrected chi connectivity index (χ1v) is 10.4. The number of carbonyl (C=O) groups is 2. The molecule has 5 aromatic rings. The number of aromatic amines is 2. The van der Waals surface area contributed by atoms with Crippen LogP contribution in [-0.4, -0.2) is 26.8 Å². The largest absolute Gasteiger partial charge is 0.508 e. The van der Waals surface area contributed by atoms with Gasteiger partial charge in [-0.15, -0.1) is 0 Å². The Balaban J connectivity index is 1.81. The van der Waals surface area contributed by atoms with E-state index >= 15 is 0 Å². The summed E-state index contributed by atoms with van der Waals surface area (Å²) < 4.78 is 0. The quantitative estimate of drug-likeness (QED) is 0.316. The van der Waals surface area contributed by atoms with E-state index in [9.17, 15) is 14.7 Å². The van der Waals surface area contributed by atoms with Gasteiger partial charge in [0, 0.05) is 33.3 Å². The molecule has 0 fully saturated rings. The fourth-order valence-corrected chi connectivity index (χ4v) is 5.12. The van der Waals surface area contributed by atoms with Gasteiger partial charge in [0.25, 0.3) is 0 Å². The maximum Gasteiger partial charge on any atom is 0.229 e. The van der Waals surface area contributed by atoms with Crippen LogP contribution in [0.5, 0.6) is 5.75 Å². The van der Waals surface area contributed by atoms with Crippen molar-refractivity contribution in [2.24, 2.45) is 11.7 Å². The SMILES string of the molecule is NC(=O)C1C(=O)c2c([nH]c3ccccc23)-c2[nH]c3ccccc3c2C1c1ccccc1O. The molecule has 1 amide bonds. The molecule has 156 valence electrons. The van der Waals surface area contributed by atoms with Crippen LogP contribution in [0.4, 0.5) is 0 Å². The summed E-state index contributed by atoms with van der Waals surface area (Å²) in [6, 6.07) is 22.1. The Labute approximate surface area is 182 Å². The first-order valence-electron chi connectivity index (χ1n) is 10.4. The number of nitrogens with one attached hydrogen (secondary N) is 2. The molecule has 5 N–H and O–H groups in total. The monoisotopic (exact) mass is 421 g/mol. The highest BCUT2D eigenvalue weighted by Crippen LogP contribution is 2.49. The second kappa shape index (κ2) is 6.59. The molecular formula is C26H19N3O3. The van der Waals surface area contributed by atoms with E-state index in [0.29, 0.717) is 16.8 Å². The van der Waals surface area contributed by atoms with E-state index in [1.54, 1.807) is 24.3 Å². The average Bonchev–Trinajstić information content (AvgIpc) is 3.33. The number of aromatic nitrogens is 2. The highest BCUT2D eigenvalue weighted by atomic mass is 16.3. The number of Topliss-reactive ketones (excluding diaryl/α,β-unsaturated/α-hetero) is 1. The number of H-pyrrole nitrogens is 2. The van der Waals surface area contributed by atoms with Crippen molar-refractivity contribution in [1.29, 1.82) is 0 Å². The molecule has 2 aromatic heterocycles. The van der Waals surface area contributed by atoms with Gasteiger partial charge in [-0.25, -0.2) is 0 Å². The predicted octanol–water partition coefficient (Wildman–Crippen LogP) is 4.45. The van der Waals surface area contributed by atoms with Gasteiger partial charge in [0.2, 0.25) is 5.91 Å². The van der Waals surface area contributed by atoms with Crippen molar-refractivity contribution in [2.75, 3.05) is 0 Å². The summed E-state index contributed by atoms with van der Waals surface area (Å²) in [5, 5.41) is 12.3. The van der Waals surface area contributed by atoms with Crippen LogP contribution in [-0.2, 0) is 4.79 Å². The maximum absolute atomic E-state index is 13.9. The number of carbonyl (C=O) groups excluding carboxylic acids is 2. The Kier molecular flexibility index (Phi) is 3.80. The molecule has 6 heteroatoms. The molecule has 0 radical (unpaired) electrons. The highest BCUT2D eigenvalue weighted by molar-refractivity contribution is 6.22. The summed E-state index contributed by atoms with van der Waals surface area (Å²) in [7, 11) is 0. The van der Waals surface area contributed by atoms with E-state index < -0.39 is 17.7 Å². The van der Waals surface area contributed by atoms with Crippen LogP contribution in [0.3, 0.4) is 0 Å². The van der Waals surface area contributed by atoms with Crippen molar-refractivity contribution >= 4 is 33.5 Å². The zero-order chi connectivity index (χ0) is 22.0. The summed E-state index contributed by atoms with van der Waals surface area (Å²) >= 11 is 0. The van der Waals surface area contributed by atoms with Gasteiger partial charge in [-0.3, -0.25) is 9.59 Å². The van der Waals surface area contributed by atoms with Crippen molar-refractivity contribution in [3.8, 4) is 17.1 Å². The van der Waals surface area contributed by atoms with Crippen LogP contribution in [0.25, 0.3) is 33.2 Å². The number of phenolic OH excluding ortho intramolecular Hbond substituents is 1. The third kappa shape index (κ3) is 2.40. The molecule has 1 aliphatic rings. The maximum atomic E-state index is 13.9. The van der Waals surface area contributed by atoms with Gasteiger partial charge in [-0.05, 0) is 23.8 Å². The van der Waals surface area contributed by atoms with E-state index in [-0.39, 0.29) is 11.5 Å². The van der Waals surface area contributed by atoms with Crippen LogP contribution in [0.2, 0.25) is 0 Å². The van der Waals surface area contributed by atoms with Crippen molar-refractivity contribution in [1.82, 2.24) is 9.97 Å². The summed E-state index contributed by atoms with van der Waals surface area (Å²) in [6.45, 7) is 0. The summed E-state index contributed by atoms with van der Waals surface area (Å²) in [5.41, 5.74) is 10.6. The van der Waals surface area contributed by atoms with Crippen molar-refractivity contribution in [3.05, 3.63) is 89.5 Å². The zero-order valence-electron chi connectivity index (χ0n) is 16.9. The molecule has 0 spiro atoms. The molecular weight excluding hydrogens is 402 g/mol. The number of amides is 1. The Morgan fingerprint density at radius 3 is 2.12 bits per heavy atom. The number of rotatable bonds is 2. The van der Waals surface area contributed by atoms with E-state index in [2.05, 4.69) is 9.97 Å². The summed E-state index contributed by atoms with van der Waals surface area (Å²) in [5.74, 6) is -2.98. The van der Waals surface area contributed by atoms with E-state index in [0.717, 1.165) is 33.1 Å². The Morgan fingerprint density at radius 2 is 1.41 bits per heavy atom. The molecule has 6 rings (SSSR count). The third-order valence-electron chi connectivity index (χ3n) is 6.45. The molecule has 3 aromatic carbocycles. The first-order chi connectivity index (χ1) is 15.6. The number of fused-ring (bicyclic) bond motifs is 7. The normalized spacial score (nSPS) is 17.8. The van der Waals surface area contributed by atoms with Gasteiger partial charge in [-0.1, -0.05) is 54.6 Å². The Hall–Kier alpha value is -4.32. The summed E-state index contributed by atoms with van der Waals surface area (Å²) in [4.78, 5) is 33.6. The van der Waals surface area contributed by atoms with Gasteiger partial charge in [0.1, 0.15) is 11.7 Å². The van der Waals surface area contributed by atoms with Crippen LogP contribution in [0.15, 0.2) is 72.8 Å². The standard InChI is InChI=1S/C26H19N3O3/c27-26(32)22-19(15-9-3-6-12-18(15)30)20-13-7-1-4-10-16(13)28-23(20)24-21(25(22)31)14-8-2-5-11-17(14)29-24/h1-12,19,22,28-30H,(H2,27,32). The van der Waals surface area contributed by atoms with Crippen LogP contribution >= 0.6 is 0 Å². The minimum atomic E-state index is -1.18. The lowest BCUT2D eigenvalue weighted by atomic mass is 9.77. The van der Waals surface area contributed by atoms with Crippen molar-refractivity contribution in [3.63, 3.8) is 0 Å². The van der Waals surface area contributed by atoms with Crippen molar-refractivity contribution < 1.29 is 14.7 Å². The number of phenols is 1. The van der Waals surface area contributed by atoms with Gasteiger partial charge in [0.15, 0.2) is 5.78 Å². The fraction of sp³-hybridized carbons (Fsp3) is 0.0769. The molecule has 2 atom stereocenters. The number of hydrogen-bond acceptors (Lipinski definition) is 3. The third-order valence-corrected chi connectivity index (χ3v) is 6.45. The lowest BCUT2D eigenvalue weighted by molar-refractivity contribution is -0.120. The van der Waals surface area contributed by atoms with Gasteiger partial charge in [-0.2, -0.15) is 0 Å². The molecule has 2 heterocycles. The predicted molar refractivity (Wildman–Crippen MR) is 123 cm³/mol.